The van der Waals surface area contributed by atoms with E-state index < -0.39 is 12.1 Å². The number of urea groups is 1. The molecule has 0 radical (unpaired) electrons. The molecule has 0 unspecified atom stereocenters. The fourth-order valence-electron chi connectivity index (χ4n) is 3.05. The van der Waals surface area contributed by atoms with Crippen LogP contribution in [-0.4, -0.2) is 25.2 Å². The predicted molar refractivity (Wildman–Crippen MR) is 120 cm³/mol. The van der Waals surface area contributed by atoms with Crippen LogP contribution in [0.25, 0.3) is 0 Å². The lowest BCUT2D eigenvalue weighted by atomic mass is 9.97. The molecule has 2 amide bonds. The first-order valence-corrected chi connectivity index (χ1v) is 10.2. The summed E-state index contributed by atoms with van der Waals surface area (Å²) in [5.74, 6) is -0.117. The Bertz CT molecular complexity index is 1040. The van der Waals surface area contributed by atoms with Crippen molar-refractivity contribution in [3.63, 3.8) is 0 Å². The van der Waals surface area contributed by atoms with E-state index >= 15 is 0 Å². The Morgan fingerprint density at radius 3 is 2.44 bits per heavy atom. The number of nitrogens with one attached hydrogen (secondary N) is 2. The van der Waals surface area contributed by atoms with Crippen LogP contribution in [0, 0.1) is 22.7 Å². The number of carbonyl (C=O) groups excluding carboxylic acids is 2. The van der Waals surface area contributed by atoms with Gasteiger partial charge in [-0.1, -0.05) is 26.0 Å². The van der Waals surface area contributed by atoms with Crippen LogP contribution in [0.3, 0.4) is 0 Å². The Morgan fingerprint density at radius 1 is 1.09 bits per heavy atom. The first-order valence-electron chi connectivity index (χ1n) is 10.2. The van der Waals surface area contributed by atoms with Crippen LogP contribution in [0.2, 0.25) is 0 Å². The molecular formula is C24H26N4O4. The number of benzene rings is 2. The molecule has 0 aliphatic heterocycles. The summed E-state index contributed by atoms with van der Waals surface area (Å²) >= 11 is 0. The van der Waals surface area contributed by atoms with Crippen molar-refractivity contribution in [2.24, 2.45) is 0 Å². The van der Waals surface area contributed by atoms with Crippen LogP contribution in [0.1, 0.15) is 50.2 Å². The molecule has 8 heteroatoms. The third kappa shape index (κ3) is 7.03. The molecule has 0 spiro atoms. The molecule has 0 bridgehead atoms. The molecule has 0 aliphatic rings. The van der Waals surface area contributed by atoms with Crippen LogP contribution < -0.4 is 15.4 Å². The molecule has 0 fully saturated rings. The topological polar surface area (TPSA) is 124 Å². The lowest BCUT2D eigenvalue weighted by molar-refractivity contribution is -0.149. The highest BCUT2D eigenvalue weighted by Crippen LogP contribution is 2.25. The number of esters is 1. The van der Waals surface area contributed by atoms with Gasteiger partial charge in [-0.3, -0.25) is 4.79 Å². The second-order valence-electron chi connectivity index (χ2n) is 7.22. The van der Waals surface area contributed by atoms with Crippen molar-refractivity contribution in [2.45, 2.75) is 45.1 Å². The summed E-state index contributed by atoms with van der Waals surface area (Å²) in [6.45, 7) is 3.77. The molecule has 2 N–H and O–H groups in total. The molecule has 2 atom stereocenters. The highest BCUT2D eigenvalue weighted by molar-refractivity contribution is 6.00. The largest absolute Gasteiger partial charge is 0.495 e. The molecule has 2 rings (SSSR count). The monoisotopic (exact) mass is 434 g/mol. The van der Waals surface area contributed by atoms with Gasteiger partial charge in [-0.2, -0.15) is 10.5 Å². The molecule has 0 aliphatic carbocycles. The zero-order valence-electron chi connectivity index (χ0n) is 18.3. The van der Waals surface area contributed by atoms with Gasteiger partial charge in [-0.25, -0.2) is 4.79 Å². The van der Waals surface area contributed by atoms with Gasteiger partial charge in [-0.15, -0.1) is 0 Å². The summed E-state index contributed by atoms with van der Waals surface area (Å²) in [5.41, 5.74) is 2.29. The number of nitrogens with zero attached hydrogens (tertiary/aromatic N) is 2. The number of ether oxygens (including phenoxy) is 2. The second-order valence-corrected chi connectivity index (χ2v) is 7.22. The summed E-state index contributed by atoms with van der Waals surface area (Å²) in [6.07, 6.45) is 0.545. The Labute approximate surface area is 187 Å². The van der Waals surface area contributed by atoms with Crippen molar-refractivity contribution >= 4 is 23.4 Å². The first-order chi connectivity index (χ1) is 15.4. The van der Waals surface area contributed by atoms with E-state index in [-0.39, 0.29) is 24.7 Å². The van der Waals surface area contributed by atoms with Crippen molar-refractivity contribution in [3.8, 4) is 17.9 Å². The quantitative estimate of drug-likeness (QED) is 0.539. The van der Waals surface area contributed by atoms with Crippen LogP contribution in [0.15, 0.2) is 42.5 Å². The van der Waals surface area contributed by atoms with Crippen molar-refractivity contribution < 1.29 is 19.1 Å². The van der Waals surface area contributed by atoms with E-state index in [1.165, 1.54) is 7.11 Å². The minimum Gasteiger partial charge on any atom is -0.495 e. The number of methoxy groups -OCH3 is 1. The third-order valence-electron chi connectivity index (χ3n) is 4.84. The summed E-state index contributed by atoms with van der Waals surface area (Å²) in [5, 5.41) is 23.3. The maximum absolute atomic E-state index is 12.4. The predicted octanol–water partition coefficient (Wildman–Crippen LogP) is 4.94. The van der Waals surface area contributed by atoms with Crippen molar-refractivity contribution in [2.75, 3.05) is 17.7 Å². The molecular weight excluding hydrogens is 408 g/mol. The van der Waals surface area contributed by atoms with Crippen molar-refractivity contribution in [3.05, 3.63) is 53.6 Å². The van der Waals surface area contributed by atoms with E-state index in [9.17, 15) is 9.59 Å². The van der Waals surface area contributed by atoms with Gasteiger partial charge < -0.3 is 20.1 Å². The average molecular weight is 434 g/mol. The van der Waals surface area contributed by atoms with Crippen LogP contribution >= 0.6 is 0 Å². The fourth-order valence-corrected chi connectivity index (χ4v) is 3.05. The second kappa shape index (κ2) is 12.0. The number of nitriles is 2. The van der Waals surface area contributed by atoms with Gasteiger partial charge in [0.1, 0.15) is 17.9 Å². The van der Waals surface area contributed by atoms with Gasteiger partial charge in [0.05, 0.1) is 31.6 Å². The molecule has 0 saturated carbocycles. The Kier molecular flexibility index (Phi) is 9.06. The number of hydrogen-bond donors (Lipinski definition) is 2. The normalized spacial score (nSPS) is 11.9. The summed E-state index contributed by atoms with van der Waals surface area (Å²) in [7, 11) is 1.45. The average Bonchev–Trinajstić information content (AvgIpc) is 2.78. The number of hydrogen-bond acceptors (Lipinski definition) is 6. The molecule has 2 aromatic carbocycles. The van der Waals surface area contributed by atoms with E-state index in [1.807, 2.05) is 32.1 Å². The highest BCUT2D eigenvalue weighted by atomic mass is 16.5. The molecule has 0 aromatic heterocycles. The summed E-state index contributed by atoms with van der Waals surface area (Å²) in [6, 6.07) is 15.5. The lowest BCUT2D eigenvalue weighted by Crippen LogP contribution is -2.20. The summed E-state index contributed by atoms with van der Waals surface area (Å²) < 4.78 is 10.5. The Balaban J connectivity index is 1.99. The smallest absolute Gasteiger partial charge is 0.323 e. The third-order valence-corrected chi connectivity index (χ3v) is 4.84. The van der Waals surface area contributed by atoms with Crippen LogP contribution in [-0.2, 0) is 9.53 Å². The van der Waals surface area contributed by atoms with Gasteiger partial charge in [0.15, 0.2) is 0 Å². The molecule has 0 heterocycles. The van der Waals surface area contributed by atoms with E-state index in [1.54, 1.807) is 36.4 Å². The number of rotatable bonds is 9. The minimum absolute atomic E-state index is 0.130. The number of amides is 2. The standard InChI is InChI=1S/C24H26N4O4/c1-4-21(10-11-25)32-23(29)12-16(2)17-6-5-7-19(13-17)27-24(30)28-20-9-8-18(15-26)22(14-20)31-3/h5-9,13-14,16,21H,4,10,12H2,1-3H3,(H2,27,28,30)/t16-,21-/m1/s1. The molecule has 32 heavy (non-hydrogen) atoms. The Hall–Kier alpha value is -4.04. The maximum Gasteiger partial charge on any atom is 0.323 e. The van der Waals surface area contributed by atoms with Gasteiger partial charge in [0, 0.05) is 17.4 Å². The van der Waals surface area contributed by atoms with Gasteiger partial charge in [0.2, 0.25) is 0 Å². The Morgan fingerprint density at radius 2 is 1.81 bits per heavy atom. The maximum atomic E-state index is 12.4. The summed E-state index contributed by atoms with van der Waals surface area (Å²) in [4.78, 5) is 24.6. The zero-order valence-corrected chi connectivity index (χ0v) is 18.3. The van der Waals surface area contributed by atoms with E-state index in [0.29, 0.717) is 29.1 Å². The first kappa shape index (κ1) is 24.2. The van der Waals surface area contributed by atoms with Crippen molar-refractivity contribution in [1.29, 1.82) is 10.5 Å². The molecule has 0 saturated heterocycles. The SMILES string of the molecule is CC[C@H](CC#N)OC(=O)C[C@@H](C)c1cccc(NC(=O)Nc2ccc(C#N)c(OC)c2)c1. The van der Waals surface area contributed by atoms with Gasteiger partial charge >= 0.3 is 12.0 Å². The number of carbonyl (C=O) groups is 2. The highest BCUT2D eigenvalue weighted by Gasteiger charge is 2.17. The fraction of sp³-hybridized carbons (Fsp3) is 0.333. The lowest BCUT2D eigenvalue weighted by Gasteiger charge is -2.16. The number of anilines is 2. The van der Waals surface area contributed by atoms with Crippen molar-refractivity contribution in [1.82, 2.24) is 0 Å². The van der Waals surface area contributed by atoms with Gasteiger partial charge in [0.25, 0.3) is 0 Å². The van der Waals surface area contributed by atoms with Gasteiger partial charge in [-0.05, 0) is 42.2 Å². The molecule has 166 valence electrons. The van der Waals surface area contributed by atoms with E-state index in [0.717, 1.165) is 5.56 Å². The molecule has 8 nitrogen and oxygen atoms in total. The van der Waals surface area contributed by atoms with E-state index in [4.69, 9.17) is 20.0 Å². The van der Waals surface area contributed by atoms with Crippen LogP contribution in [0.4, 0.5) is 16.2 Å². The van der Waals surface area contributed by atoms with E-state index in [2.05, 4.69) is 10.6 Å². The minimum atomic E-state index is -0.455. The van der Waals surface area contributed by atoms with Crippen LogP contribution in [0.5, 0.6) is 5.75 Å². The zero-order chi connectivity index (χ0) is 23.5. The molecule has 2 aromatic rings.